The van der Waals surface area contributed by atoms with Gasteiger partial charge in [0.05, 0.1) is 12.7 Å². The monoisotopic (exact) mass is 292 g/mol. The maximum absolute atomic E-state index is 5.70. The Morgan fingerprint density at radius 1 is 0.905 bits per heavy atom. The van der Waals surface area contributed by atoms with Gasteiger partial charge in [-0.25, -0.2) is 0 Å². The molecule has 0 unspecified atom stereocenters. The molecule has 2 nitrogen and oxygen atoms in total. The van der Waals surface area contributed by atoms with Crippen molar-refractivity contribution >= 4 is 0 Å². The van der Waals surface area contributed by atoms with Crippen molar-refractivity contribution in [2.75, 3.05) is 13.2 Å². The Balaban J connectivity index is 2.57. The maximum Gasteiger partial charge on any atom is 0.119 e. The highest BCUT2D eigenvalue weighted by Gasteiger charge is 2.27. The van der Waals surface area contributed by atoms with Crippen LogP contribution in [0.2, 0.25) is 0 Å². The molecule has 0 saturated heterocycles. The molecule has 0 aliphatic rings. The lowest BCUT2D eigenvalue weighted by molar-refractivity contribution is 0.0552. The summed E-state index contributed by atoms with van der Waals surface area (Å²) in [7, 11) is 0. The van der Waals surface area contributed by atoms with Crippen LogP contribution in [-0.2, 0) is 10.2 Å². The Morgan fingerprint density at radius 2 is 1.48 bits per heavy atom. The van der Waals surface area contributed by atoms with E-state index in [0.717, 1.165) is 12.2 Å². The van der Waals surface area contributed by atoms with Gasteiger partial charge in [-0.3, -0.25) is 0 Å². The fourth-order valence-corrected chi connectivity index (χ4v) is 2.87. The second kappa shape index (κ2) is 7.31. The third-order valence-corrected chi connectivity index (χ3v) is 3.41. The molecule has 0 spiro atoms. The first-order valence-corrected chi connectivity index (χ1v) is 7.95. The molecule has 0 radical (unpaired) electrons. The molecule has 0 aromatic heterocycles. The van der Waals surface area contributed by atoms with E-state index in [9.17, 15) is 0 Å². The lowest BCUT2D eigenvalue weighted by Gasteiger charge is -2.33. The first-order valence-electron chi connectivity index (χ1n) is 7.95. The second-order valence-corrected chi connectivity index (χ2v) is 7.91. The molecule has 0 bridgehead atoms. The van der Waals surface area contributed by atoms with Crippen molar-refractivity contribution in [1.82, 2.24) is 0 Å². The minimum absolute atomic E-state index is 0.178. The van der Waals surface area contributed by atoms with Crippen LogP contribution in [0.25, 0.3) is 0 Å². The van der Waals surface area contributed by atoms with Gasteiger partial charge in [-0.1, -0.05) is 46.8 Å². The number of hydrogen-bond acceptors (Lipinski definition) is 2. The molecule has 0 fully saturated rings. The van der Waals surface area contributed by atoms with Gasteiger partial charge in [0.2, 0.25) is 0 Å². The lowest BCUT2D eigenvalue weighted by Crippen LogP contribution is -2.24. The number of hydrogen-bond donors (Lipinski definition) is 0. The first-order chi connectivity index (χ1) is 9.60. The van der Waals surface area contributed by atoms with Crippen molar-refractivity contribution in [3.8, 4) is 5.75 Å². The van der Waals surface area contributed by atoms with Crippen molar-refractivity contribution in [1.29, 1.82) is 0 Å². The zero-order valence-corrected chi connectivity index (χ0v) is 14.8. The predicted molar refractivity (Wildman–Crippen MR) is 90.1 cm³/mol. The summed E-state index contributed by atoms with van der Waals surface area (Å²) in [5.41, 5.74) is 1.87. The van der Waals surface area contributed by atoms with E-state index < -0.39 is 0 Å². The molecular weight excluding hydrogens is 260 g/mol. The zero-order chi connectivity index (χ0) is 16.1. The van der Waals surface area contributed by atoms with Gasteiger partial charge in [-0.2, -0.15) is 0 Å². The van der Waals surface area contributed by atoms with E-state index in [2.05, 4.69) is 58.9 Å². The van der Waals surface area contributed by atoms with Gasteiger partial charge in [-0.05, 0) is 48.8 Å². The van der Waals surface area contributed by atoms with Gasteiger partial charge in [0, 0.05) is 0 Å². The summed E-state index contributed by atoms with van der Waals surface area (Å²) in [6, 6.07) is 8.50. The van der Waals surface area contributed by atoms with Crippen LogP contribution >= 0.6 is 0 Å². The van der Waals surface area contributed by atoms with Crippen molar-refractivity contribution in [3.05, 3.63) is 29.8 Å². The molecule has 0 amide bonds. The lowest BCUT2D eigenvalue weighted by atomic mass is 9.72. The molecule has 0 N–H and O–H groups in total. The zero-order valence-electron chi connectivity index (χ0n) is 14.8. The van der Waals surface area contributed by atoms with Crippen molar-refractivity contribution in [2.24, 2.45) is 5.41 Å². The van der Waals surface area contributed by atoms with E-state index in [1.54, 1.807) is 0 Å². The average Bonchev–Trinajstić information content (AvgIpc) is 2.32. The minimum atomic E-state index is 0.178. The highest BCUT2D eigenvalue weighted by atomic mass is 16.5. The summed E-state index contributed by atoms with van der Waals surface area (Å²) >= 11 is 0. The Hall–Kier alpha value is -1.02. The Bertz CT molecular complexity index is 410. The predicted octanol–water partition coefficient (Wildman–Crippen LogP) is 5.20. The topological polar surface area (TPSA) is 18.5 Å². The van der Waals surface area contributed by atoms with Crippen molar-refractivity contribution in [3.63, 3.8) is 0 Å². The van der Waals surface area contributed by atoms with Crippen LogP contribution in [-0.4, -0.2) is 19.3 Å². The van der Waals surface area contributed by atoms with Crippen molar-refractivity contribution < 1.29 is 9.47 Å². The van der Waals surface area contributed by atoms with Gasteiger partial charge < -0.3 is 9.47 Å². The minimum Gasteiger partial charge on any atom is -0.491 e. The molecule has 1 rings (SSSR count). The summed E-state index contributed by atoms with van der Waals surface area (Å²) in [6.45, 7) is 16.8. The fraction of sp³-hybridized carbons (Fsp3) is 0.684. The quantitative estimate of drug-likeness (QED) is 0.643. The van der Waals surface area contributed by atoms with E-state index in [4.69, 9.17) is 9.47 Å². The maximum atomic E-state index is 5.70. The summed E-state index contributed by atoms with van der Waals surface area (Å²) in [5, 5.41) is 0. The summed E-state index contributed by atoms with van der Waals surface area (Å²) in [5.74, 6) is 0.915. The summed E-state index contributed by atoms with van der Waals surface area (Å²) < 4.78 is 11.2. The molecule has 0 saturated carbocycles. The van der Waals surface area contributed by atoms with Gasteiger partial charge >= 0.3 is 0 Å². The Morgan fingerprint density at radius 3 is 1.95 bits per heavy atom. The van der Waals surface area contributed by atoms with E-state index >= 15 is 0 Å². The molecule has 0 atom stereocenters. The highest BCUT2D eigenvalue weighted by molar-refractivity contribution is 5.31. The van der Waals surface area contributed by atoms with Crippen LogP contribution in [0.15, 0.2) is 24.3 Å². The molecule has 2 heteroatoms. The van der Waals surface area contributed by atoms with Crippen LogP contribution in [0.1, 0.15) is 60.5 Å². The van der Waals surface area contributed by atoms with Crippen LogP contribution in [0.3, 0.4) is 0 Å². The Kier molecular flexibility index (Phi) is 6.27. The molecular formula is C19H32O2. The van der Waals surface area contributed by atoms with E-state index in [-0.39, 0.29) is 11.5 Å². The van der Waals surface area contributed by atoms with Crippen LogP contribution < -0.4 is 4.74 Å². The molecule has 0 aliphatic carbocycles. The Labute approximate surface area is 130 Å². The molecule has 120 valence electrons. The molecule has 0 heterocycles. The van der Waals surface area contributed by atoms with E-state index in [0.29, 0.717) is 18.6 Å². The molecule has 0 aliphatic heterocycles. The van der Waals surface area contributed by atoms with Crippen LogP contribution in [0, 0.1) is 5.41 Å². The first kappa shape index (κ1) is 18.0. The third-order valence-electron chi connectivity index (χ3n) is 3.41. The molecule has 21 heavy (non-hydrogen) atoms. The highest BCUT2D eigenvalue weighted by Crippen LogP contribution is 2.36. The number of ether oxygens (including phenoxy) is 2. The van der Waals surface area contributed by atoms with Crippen LogP contribution in [0.5, 0.6) is 5.75 Å². The van der Waals surface area contributed by atoms with Gasteiger partial charge in [0.25, 0.3) is 0 Å². The SMILES string of the molecule is CC(C)OCCOc1ccc(C(C)(C)CC(C)(C)C)cc1. The largest absolute Gasteiger partial charge is 0.491 e. The number of rotatable bonds is 7. The smallest absolute Gasteiger partial charge is 0.119 e. The van der Waals surface area contributed by atoms with Gasteiger partial charge in [-0.15, -0.1) is 0 Å². The summed E-state index contributed by atoms with van der Waals surface area (Å²) in [4.78, 5) is 0. The summed E-state index contributed by atoms with van der Waals surface area (Å²) in [6.07, 6.45) is 1.41. The molecule has 1 aromatic carbocycles. The molecule has 1 aromatic rings. The van der Waals surface area contributed by atoms with Crippen LogP contribution in [0.4, 0.5) is 0 Å². The fourth-order valence-electron chi connectivity index (χ4n) is 2.87. The van der Waals surface area contributed by atoms with Gasteiger partial charge in [0.15, 0.2) is 0 Å². The normalized spacial score (nSPS) is 12.8. The van der Waals surface area contributed by atoms with E-state index in [1.807, 2.05) is 13.8 Å². The van der Waals surface area contributed by atoms with E-state index in [1.165, 1.54) is 5.56 Å². The van der Waals surface area contributed by atoms with Gasteiger partial charge in [0.1, 0.15) is 12.4 Å². The average molecular weight is 292 g/mol. The number of benzene rings is 1. The third kappa shape index (κ3) is 6.99. The van der Waals surface area contributed by atoms with Crippen molar-refractivity contribution in [2.45, 2.75) is 66.4 Å². The second-order valence-electron chi connectivity index (χ2n) is 7.91. The standard InChI is InChI=1S/C19H32O2/c1-15(2)20-12-13-21-17-10-8-16(9-11-17)19(6,7)14-18(3,4)5/h8-11,15H,12-14H2,1-7H3.